The molecule has 2 aliphatic heterocycles. The Kier molecular flexibility index (Phi) is 3.55. The Morgan fingerprint density at radius 2 is 2.00 bits per heavy atom. The summed E-state index contributed by atoms with van der Waals surface area (Å²) in [6.07, 6.45) is 8.88. The van der Waals surface area contributed by atoms with E-state index in [0.717, 1.165) is 38.1 Å². The summed E-state index contributed by atoms with van der Waals surface area (Å²) in [6, 6.07) is 1.84. The highest BCUT2D eigenvalue weighted by Gasteiger charge is 2.47. The summed E-state index contributed by atoms with van der Waals surface area (Å²) in [4.78, 5) is 11.0. The van der Waals surface area contributed by atoms with E-state index in [1.54, 1.807) is 12.4 Å². The minimum atomic E-state index is 0.189. The van der Waals surface area contributed by atoms with E-state index >= 15 is 0 Å². The molecule has 0 aromatic carbocycles. The van der Waals surface area contributed by atoms with Gasteiger partial charge in [-0.25, -0.2) is 9.97 Å². The minimum Gasteiger partial charge on any atom is -0.372 e. The molecule has 1 aromatic rings. The first-order valence-corrected chi connectivity index (χ1v) is 8.19. The van der Waals surface area contributed by atoms with Crippen LogP contribution in [0.2, 0.25) is 0 Å². The molecule has 5 heteroatoms. The maximum absolute atomic E-state index is 6.21. The van der Waals surface area contributed by atoms with E-state index in [1.165, 1.54) is 32.2 Å². The molecule has 1 unspecified atom stereocenters. The van der Waals surface area contributed by atoms with Gasteiger partial charge in [-0.05, 0) is 43.6 Å². The lowest BCUT2D eigenvalue weighted by atomic mass is 9.83. The standard InChI is InChI=1S/C16H24N4O/c1-6-17-15(18-7-1)19-8-14-4-5-16(21-10-14)11-20(12-16)9-13-2-3-13/h1,6-7,13-14H,2-5,8-12H2,(H,17,18,19). The summed E-state index contributed by atoms with van der Waals surface area (Å²) in [6.45, 7) is 5.40. The number of aromatic nitrogens is 2. The van der Waals surface area contributed by atoms with Crippen LogP contribution >= 0.6 is 0 Å². The molecule has 4 rings (SSSR count). The average Bonchev–Trinajstić information content (AvgIpc) is 3.30. The number of nitrogens with zero attached hydrogens (tertiary/aromatic N) is 3. The fourth-order valence-corrected chi connectivity index (χ4v) is 3.52. The number of anilines is 1. The van der Waals surface area contributed by atoms with Gasteiger partial charge in [-0.3, -0.25) is 4.90 Å². The first-order chi connectivity index (χ1) is 10.3. The van der Waals surface area contributed by atoms with Gasteiger partial charge in [0.1, 0.15) is 0 Å². The molecular weight excluding hydrogens is 264 g/mol. The molecule has 0 amide bonds. The molecule has 5 nitrogen and oxygen atoms in total. The van der Waals surface area contributed by atoms with Crippen LogP contribution in [0, 0.1) is 11.8 Å². The van der Waals surface area contributed by atoms with Crippen molar-refractivity contribution in [2.45, 2.75) is 31.3 Å². The Hall–Kier alpha value is -1.20. The SMILES string of the molecule is c1cnc(NCC2CCC3(CN(CC4CC4)C3)OC2)nc1. The smallest absolute Gasteiger partial charge is 0.222 e. The van der Waals surface area contributed by atoms with Gasteiger partial charge >= 0.3 is 0 Å². The Morgan fingerprint density at radius 3 is 2.67 bits per heavy atom. The number of nitrogens with one attached hydrogen (secondary N) is 1. The summed E-state index contributed by atoms with van der Waals surface area (Å²) in [5.41, 5.74) is 0.189. The minimum absolute atomic E-state index is 0.189. The first kappa shape index (κ1) is 13.5. The highest BCUT2D eigenvalue weighted by molar-refractivity contribution is 5.22. The molecular formula is C16H24N4O. The number of hydrogen-bond donors (Lipinski definition) is 1. The fraction of sp³-hybridized carbons (Fsp3) is 0.750. The molecule has 21 heavy (non-hydrogen) atoms. The summed E-state index contributed by atoms with van der Waals surface area (Å²) in [7, 11) is 0. The van der Waals surface area contributed by atoms with Crippen molar-refractivity contribution in [2.24, 2.45) is 11.8 Å². The highest BCUT2D eigenvalue weighted by Crippen LogP contribution is 2.39. The number of ether oxygens (including phenoxy) is 1. The number of hydrogen-bond acceptors (Lipinski definition) is 5. The van der Waals surface area contributed by atoms with Gasteiger partial charge in [0.2, 0.25) is 5.95 Å². The van der Waals surface area contributed by atoms with Crippen molar-refractivity contribution < 1.29 is 4.74 Å². The zero-order valence-electron chi connectivity index (χ0n) is 12.5. The molecule has 1 atom stereocenters. The van der Waals surface area contributed by atoms with Crippen molar-refractivity contribution in [2.75, 3.05) is 38.1 Å². The Balaban J connectivity index is 1.19. The molecule has 1 spiro atoms. The van der Waals surface area contributed by atoms with Gasteiger partial charge in [0.15, 0.2) is 0 Å². The molecule has 1 aromatic heterocycles. The van der Waals surface area contributed by atoms with Crippen molar-refractivity contribution in [3.63, 3.8) is 0 Å². The van der Waals surface area contributed by atoms with Crippen LogP contribution in [0.25, 0.3) is 0 Å². The zero-order valence-corrected chi connectivity index (χ0v) is 12.5. The topological polar surface area (TPSA) is 50.3 Å². The van der Waals surface area contributed by atoms with Crippen LogP contribution in [0.1, 0.15) is 25.7 Å². The van der Waals surface area contributed by atoms with Gasteiger partial charge in [-0.2, -0.15) is 0 Å². The van der Waals surface area contributed by atoms with E-state index in [1.807, 2.05) is 6.07 Å². The predicted molar refractivity (Wildman–Crippen MR) is 81.1 cm³/mol. The number of likely N-dealkylation sites (tertiary alicyclic amines) is 1. The second-order valence-corrected chi connectivity index (χ2v) is 6.97. The third-order valence-corrected chi connectivity index (χ3v) is 4.98. The Bertz CT molecular complexity index is 460. The molecule has 3 heterocycles. The van der Waals surface area contributed by atoms with Gasteiger partial charge in [0, 0.05) is 38.6 Å². The fourth-order valence-electron chi connectivity index (χ4n) is 3.52. The quantitative estimate of drug-likeness (QED) is 0.895. The van der Waals surface area contributed by atoms with Crippen LogP contribution in [0.5, 0.6) is 0 Å². The molecule has 2 saturated heterocycles. The van der Waals surface area contributed by atoms with E-state index in [0.29, 0.717) is 5.92 Å². The second kappa shape index (κ2) is 5.54. The van der Waals surface area contributed by atoms with E-state index in [9.17, 15) is 0 Å². The van der Waals surface area contributed by atoms with Crippen molar-refractivity contribution in [3.05, 3.63) is 18.5 Å². The molecule has 3 aliphatic rings. The largest absolute Gasteiger partial charge is 0.372 e. The Labute approximate surface area is 126 Å². The molecule has 114 valence electrons. The number of rotatable bonds is 5. The van der Waals surface area contributed by atoms with Crippen molar-refractivity contribution >= 4 is 5.95 Å². The molecule has 3 fully saturated rings. The van der Waals surface area contributed by atoms with Gasteiger partial charge in [0.05, 0.1) is 12.2 Å². The predicted octanol–water partition coefficient (Wildman–Crippen LogP) is 1.78. The van der Waals surface area contributed by atoms with Crippen molar-refractivity contribution in [3.8, 4) is 0 Å². The second-order valence-electron chi connectivity index (χ2n) is 6.97. The van der Waals surface area contributed by atoms with Gasteiger partial charge in [-0.15, -0.1) is 0 Å². The molecule has 0 radical (unpaired) electrons. The maximum atomic E-state index is 6.21. The van der Waals surface area contributed by atoms with Gasteiger partial charge < -0.3 is 10.1 Å². The Morgan fingerprint density at radius 1 is 1.19 bits per heavy atom. The average molecular weight is 288 g/mol. The van der Waals surface area contributed by atoms with E-state index < -0.39 is 0 Å². The van der Waals surface area contributed by atoms with E-state index in [-0.39, 0.29) is 5.60 Å². The zero-order chi connectivity index (χ0) is 14.1. The summed E-state index contributed by atoms with van der Waals surface area (Å²) < 4.78 is 6.21. The van der Waals surface area contributed by atoms with E-state index in [2.05, 4.69) is 20.2 Å². The summed E-state index contributed by atoms with van der Waals surface area (Å²) >= 11 is 0. The summed E-state index contributed by atoms with van der Waals surface area (Å²) in [5, 5.41) is 3.31. The highest BCUT2D eigenvalue weighted by atomic mass is 16.5. The van der Waals surface area contributed by atoms with Crippen molar-refractivity contribution in [1.82, 2.24) is 14.9 Å². The van der Waals surface area contributed by atoms with Crippen LogP contribution in [0.4, 0.5) is 5.95 Å². The van der Waals surface area contributed by atoms with Crippen LogP contribution < -0.4 is 5.32 Å². The normalized spacial score (nSPS) is 28.3. The maximum Gasteiger partial charge on any atom is 0.222 e. The molecule has 1 saturated carbocycles. The van der Waals surface area contributed by atoms with Gasteiger partial charge in [0.25, 0.3) is 0 Å². The van der Waals surface area contributed by atoms with Crippen LogP contribution in [0.15, 0.2) is 18.5 Å². The monoisotopic (exact) mass is 288 g/mol. The molecule has 0 bridgehead atoms. The summed E-state index contributed by atoms with van der Waals surface area (Å²) in [5.74, 6) is 2.29. The lowest BCUT2D eigenvalue weighted by Crippen LogP contribution is -2.65. The van der Waals surface area contributed by atoms with Crippen LogP contribution in [-0.2, 0) is 4.74 Å². The molecule has 1 N–H and O–H groups in total. The molecule has 1 aliphatic carbocycles. The third kappa shape index (κ3) is 3.19. The third-order valence-electron chi connectivity index (χ3n) is 4.98. The lowest BCUT2D eigenvalue weighted by Gasteiger charge is -2.53. The van der Waals surface area contributed by atoms with Crippen molar-refractivity contribution in [1.29, 1.82) is 0 Å². The lowest BCUT2D eigenvalue weighted by molar-refractivity contribution is -0.178. The van der Waals surface area contributed by atoms with Gasteiger partial charge in [-0.1, -0.05) is 0 Å². The van der Waals surface area contributed by atoms with E-state index in [4.69, 9.17) is 4.74 Å². The van der Waals surface area contributed by atoms with Crippen LogP contribution in [-0.4, -0.2) is 53.3 Å². The van der Waals surface area contributed by atoms with Crippen LogP contribution in [0.3, 0.4) is 0 Å². The first-order valence-electron chi connectivity index (χ1n) is 8.19.